The standard InChI is InChI=1S/C11H5ClN4O6/c12-7-2-1-3-13-11(7)10-8(15(19)20)4-6(14(17)18)5-9(10)16(21)22/h1-5H. The number of nitrogens with zero attached hydrogens (tertiary/aromatic N) is 4. The number of benzene rings is 1. The van der Waals surface area contributed by atoms with Crippen LogP contribution in [-0.4, -0.2) is 19.8 Å². The number of rotatable bonds is 4. The van der Waals surface area contributed by atoms with Crippen LogP contribution >= 0.6 is 11.6 Å². The van der Waals surface area contributed by atoms with Crippen molar-refractivity contribution in [3.8, 4) is 11.3 Å². The van der Waals surface area contributed by atoms with Crippen molar-refractivity contribution < 1.29 is 14.8 Å². The normalized spacial score (nSPS) is 10.2. The molecule has 0 radical (unpaired) electrons. The number of hydrogen-bond acceptors (Lipinski definition) is 7. The Kier molecular flexibility index (Phi) is 3.95. The molecule has 0 aliphatic heterocycles. The molecule has 0 fully saturated rings. The minimum absolute atomic E-state index is 0.0532. The number of aromatic nitrogens is 1. The first-order chi connectivity index (χ1) is 10.3. The lowest BCUT2D eigenvalue weighted by atomic mass is 10.1. The topological polar surface area (TPSA) is 142 Å². The molecule has 1 aromatic carbocycles. The van der Waals surface area contributed by atoms with Crippen molar-refractivity contribution in [3.63, 3.8) is 0 Å². The van der Waals surface area contributed by atoms with Crippen LogP contribution in [0, 0.1) is 30.3 Å². The summed E-state index contributed by atoms with van der Waals surface area (Å²) in [7, 11) is 0. The molecule has 10 nitrogen and oxygen atoms in total. The summed E-state index contributed by atoms with van der Waals surface area (Å²) in [6.45, 7) is 0. The van der Waals surface area contributed by atoms with Crippen molar-refractivity contribution in [1.29, 1.82) is 0 Å². The highest BCUT2D eigenvalue weighted by Gasteiger charge is 2.33. The van der Waals surface area contributed by atoms with Crippen molar-refractivity contribution in [1.82, 2.24) is 4.98 Å². The van der Waals surface area contributed by atoms with Crippen LogP contribution in [0.15, 0.2) is 30.5 Å². The van der Waals surface area contributed by atoms with Gasteiger partial charge in [0.25, 0.3) is 17.1 Å². The molecule has 0 aliphatic rings. The van der Waals surface area contributed by atoms with E-state index in [4.69, 9.17) is 11.6 Å². The van der Waals surface area contributed by atoms with E-state index in [0.29, 0.717) is 12.1 Å². The molecule has 22 heavy (non-hydrogen) atoms. The minimum atomic E-state index is -0.958. The molecule has 0 amide bonds. The molecule has 112 valence electrons. The number of nitro groups is 3. The smallest absolute Gasteiger partial charge is 0.258 e. The van der Waals surface area contributed by atoms with Gasteiger partial charge in [-0.05, 0) is 12.1 Å². The Morgan fingerprint density at radius 1 is 0.955 bits per heavy atom. The lowest BCUT2D eigenvalue weighted by Gasteiger charge is -2.05. The summed E-state index contributed by atoms with van der Waals surface area (Å²) in [5.41, 5.74) is -3.08. The Hall–Kier alpha value is -3.14. The highest BCUT2D eigenvalue weighted by molar-refractivity contribution is 6.33. The SMILES string of the molecule is O=[N+]([O-])c1cc([N+](=O)[O-])c(-c2ncccc2Cl)c([N+](=O)[O-])c1. The van der Waals surface area contributed by atoms with E-state index in [0.717, 1.165) is 0 Å². The average molecular weight is 325 g/mol. The molecule has 0 saturated heterocycles. The van der Waals surface area contributed by atoms with Gasteiger partial charge in [0.2, 0.25) is 0 Å². The molecular weight excluding hydrogens is 320 g/mol. The first kappa shape index (κ1) is 15.3. The molecule has 0 spiro atoms. The number of non-ortho nitro benzene ring substituents is 1. The van der Waals surface area contributed by atoms with Gasteiger partial charge in [-0.1, -0.05) is 11.6 Å². The lowest BCUT2D eigenvalue weighted by molar-refractivity contribution is -0.402. The van der Waals surface area contributed by atoms with Gasteiger partial charge in [-0.3, -0.25) is 35.3 Å². The average Bonchev–Trinajstić information content (AvgIpc) is 2.46. The lowest BCUT2D eigenvalue weighted by Crippen LogP contribution is -2.01. The zero-order chi connectivity index (χ0) is 16.4. The molecule has 0 unspecified atom stereocenters. The van der Waals surface area contributed by atoms with Crippen LogP contribution in [-0.2, 0) is 0 Å². The van der Waals surface area contributed by atoms with Crippen molar-refractivity contribution in [2.45, 2.75) is 0 Å². The van der Waals surface area contributed by atoms with Crippen molar-refractivity contribution >= 4 is 28.7 Å². The van der Waals surface area contributed by atoms with Crippen LogP contribution < -0.4 is 0 Å². The number of pyridine rings is 1. The maximum absolute atomic E-state index is 11.1. The van der Waals surface area contributed by atoms with Gasteiger partial charge in [-0.25, -0.2) is 0 Å². The van der Waals surface area contributed by atoms with E-state index in [2.05, 4.69) is 4.98 Å². The molecule has 0 bridgehead atoms. The monoisotopic (exact) mass is 324 g/mol. The molecule has 2 aromatic rings. The third-order valence-electron chi connectivity index (χ3n) is 2.68. The fourth-order valence-electron chi connectivity index (χ4n) is 1.80. The van der Waals surface area contributed by atoms with Gasteiger partial charge in [0, 0.05) is 6.20 Å². The molecule has 2 rings (SSSR count). The van der Waals surface area contributed by atoms with Crippen molar-refractivity contribution in [2.75, 3.05) is 0 Å². The van der Waals surface area contributed by atoms with Crippen LogP contribution in [0.5, 0.6) is 0 Å². The van der Waals surface area contributed by atoms with Crippen LogP contribution in [0.4, 0.5) is 17.1 Å². The van der Waals surface area contributed by atoms with E-state index in [1.54, 1.807) is 0 Å². The summed E-state index contributed by atoms with van der Waals surface area (Å²) < 4.78 is 0. The van der Waals surface area contributed by atoms with Gasteiger partial charge in [0.1, 0.15) is 5.69 Å². The maximum atomic E-state index is 11.1. The summed E-state index contributed by atoms with van der Waals surface area (Å²) in [6.07, 6.45) is 1.25. The predicted octanol–water partition coefficient (Wildman–Crippen LogP) is 3.13. The maximum Gasteiger partial charge on any atom is 0.292 e. The third kappa shape index (κ3) is 2.67. The van der Waals surface area contributed by atoms with E-state index in [1.165, 1.54) is 18.3 Å². The highest BCUT2D eigenvalue weighted by Crippen LogP contribution is 2.42. The van der Waals surface area contributed by atoms with Crippen molar-refractivity contribution in [3.05, 3.63) is 65.8 Å². The van der Waals surface area contributed by atoms with Crippen LogP contribution in [0.1, 0.15) is 0 Å². The first-order valence-corrected chi connectivity index (χ1v) is 5.93. The van der Waals surface area contributed by atoms with Gasteiger partial charge in [0.05, 0.1) is 31.9 Å². The summed E-state index contributed by atoms with van der Waals surface area (Å²) >= 11 is 5.87. The summed E-state index contributed by atoms with van der Waals surface area (Å²) in [5, 5.41) is 33.0. The van der Waals surface area contributed by atoms with E-state index in [9.17, 15) is 30.3 Å². The Bertz CT molecular complexity index is 774. The van der Waals surface area contributed by atoms with Crippen LogP contribution in [0.25, 0.3) is 11.3 Å². The Balaban J connectivity index is 2.92. The van der Waals surface area contributed by atoms with E-state index < -0.39 is 37.4 Å². The number of halogens is 1. The summed E-state index contributed by atoms with van der Waals surface area (Å²) in [5.74, 6) is 0. The quantitative estimate of drug-likeness (QED) is 0.620. The Morgan fingerprint density at radius 3 is 1.91 bits per heavy atom. The predicted molar refractivity (Wildman–Crippen MR) is 74.6 cm³/mol. The first-order valence-electron chi connectivity index (χ1n) is 5.55. The van der Waals surface area contributed by atoms with Gasteiger partial charge >= 0.3 is 0 Å². The molecule has 0 atom stereocenters. The zero-order valence-corrected chi connectivity index (χ0v) is 11.3. The fourth-order valence-corrected chi connectivity index (χ4v) is 2.02. The number of hydrogen-bond donors (Lipinski definition) is 0. The molecule has 0 aliphatic carbocycles. The molecule has 0 N–H and O–H groups in total. The Labute approximate surface area is 126 Å². The van der Waals surface area contributed by atoms with Gasteiger partial charge in [-0.2, -0.15) is 0 Å². The molecule has 1 heterocycles. The minimum Gasteiger partial charge on any atom is -0.258 e. The second-order valence-electron chi connectivity index (χ2n) is 3.96. The largest absolute Gasteiger partial charge is 0.292 e. The molecule has 1 aromatic heterocycles. The molecular formula is C11H5ClN4O6. The van der Waals surface area contributed by atoms with E-state index in [1.807, 2.05) is 0 Å². The van der Waals surface area contributed by atoms with Crippen LogP contribution in [0.3, 0.4) is 0 Å². The van der Waals surface area contributed by atoms with Gasteiger partial charge in [0.15, 0.2) is 5.56 Å². The van der Waals surface area contributed by atoms with Crippen LogP contribution in [0.2, 0.25) is 5.02 Å². The van der Waals surface area contributed by atoms with E-state index in [-0.39, 0.29) is 10.7 Å². The second-order valence-corrected chi connectivity index (χ2v) is 4.37. The highest BCUT2D eigenvalue weighted by atomic mass is 35.5. The summed E-state index contributed by atoms with van der Waals surface area (Å²) in [6, 6.07) is 4.05. The molecule has 0 saturated carbocycles. The second kappa shape index (κ2) is 5.69. The van der Waals surface area contributed by atoms with E-state index >= 15 is 0 Å². The van der Waals surface area contributed by atoms with Gasteiger partial charge < -0.3 is 0 Å². The Morgan fingerprint density at radius 2 is 1.50 bits per heavy atom. The number of nitro benzene ring substituents is 3. The fraction of sp³-hybridized carbons (Fsp3) is 0. The van der Waals surface area contributed by atoms with Gasteiger partial charge in [-0.15, -0.1) is 0 Å². The zero-order valence-electron chi connectivity index (χ0n) is 10.5. The third-order valence-corrected chi connectivity index (χ3v) is 2.99. The summed E-state index contributed by atoms with van der Waals surface area (Å²) in [4.78, 5) is 34.0. The molecule has 11 heteroatoms. The van der Waals surface area contributed by atoms with Crippen molar-refractivity contribution in [2.24, 2.45) is 0 Å².